The van der Waals surface area contributed by atoms with Gasteiger partial charge in [0.05, 0.1) is 0 Å². The van der Waals surface area contributed by atoms with Crippen molar-refractivity contribution < 1.29 is 14.9 Å². The van der Waals surface area contributed by atoms with E-state index in [-0.39, 0.29) is 0 Å². The van der Waals surface area contributed by atoms with Crippen molar-refractivity contribution in [1.29, 1.82) is 0 Å². The molecule has 1 aromatic carbocycles. The number of ether oxygens (including phenoxy) is 1. The van der Waals surface area contributed by atoms with Crippen LogP contribution in [0.2, 0.25) is 0 Å². The van der Waals surface area contributed by atoms with Crippen LogP contribution in [-0.4, -0.2) is 22.3 Å². The molecule has 2 atom stereocenters. The van der Waals surface area contributed by atoms with Crippen molar-refractivity contribution in [2.45, 2.75) is 19.0 Å². The molecule has 1 aliphatic rings. The summed E-state index contributed by atoms with van der Waals surface area (Å²) in [6, 6.07) is 9.36. The van der Waals surface area contributed by atoms with Crippen molar-refractivity contribution in [3.05, 3.63) is 42.0 Å². The summed E-state index contributed by atoms with van der Waals surface area (Å²) in [6.45, 7) is 1.52. The van der Waals surface area contributed by atoms with Crippen molar-refractivity contribution >= 4 is 5.57 Å². The smallest absolute Gasteiger partial charge is 0.193 e. The minimum Gasteiger partial charge on any atom is -0.365 e. The Morgan fingerprint density at radius 3 is 2.43 bits per heavy atom. The van der Waals surface area contributed by atoms with Crippen LogP contribution in [0, 0.1) is 0 Å². The minimum absolute atomic E-state index is 0.602. The Labute approximate surface area is 82.3 Å². The number of hydrogen-bond donors (Lipinski definition) is 2. The van der Waals surface area contributed by atoms with E-state index in [1.807, 2.05) is 30.3 Å². The van der Waals surface area contributed by atoms with Crippen LogP contribution in [0.4, 0.5) is 0 Å². The van der Waals surface area contributed by atoms with Gasteiger partial charge in [-0.25, -0.2) is 0 Å². The molecule has 0 aromatic heterocycles. The van der Waals surface area contributed by atoms with Crippen LogP contribution < -0.4 is 0 Å². The predicted octanol–water partition coefficient (Wildman–Crippen LogP) is 1.13. The lowest BCUT2D eigenvalue weighted by atomic mass is 10.00. The fraction of sp³-hybridized carbons (Fsp3) is 0.273. The number of benzene rings is 1. The van der Waals surface area contributed by atoms with E-state index in [1.54, 1.807) is 0 Å². The van der Waals surface area contributed by atoms with Gasteiger partial charge >= 0.3 is 0 Å². The third-order valence-corrected chi connectivity index (χ3v) is 2.24. The van der Waals surface area contributed by atoms with Crippen molar-refractivity contribution in [3.8, 4) is 0 Å². The van der Waals surface area contributed by atoms with E-state index in [0.717, 1.165) is 5.56 Å². The highest BCUT2D eigenvalue weighted by atomic mass is 16.7. The Bertz CT molecular complexity index is 354. The lowest BCUT2D eigenvalue weighted by Gasteiger charge is -2.21. The monoisotopic (exact) mass is 192 g/mol. The molecule has 1 heterocycles. The van der Waals surface area contributed by atoms with E-state index in [4.69, 9.17) is 4.74 Å². The zero-order chi connectivity index (χ0) is 10.2. The van der Waals surface area contributed by atoms with Gasteiger partial charge in [-0.2, -0.15) is 0 Å². The van der Waals surface area contributed by atoms with Crippen LogP contribution in [0.3, 0.4) is 0 Å². The molecule has 2 unspecified atom stereocenters. The molecule has 74 valence electrons. The van der Waals surface area contributed by atoms with Crippen molar-refractivity contribution in [2.75, 3.05) is 0 Å². The molecule has 2 N–H and O–H groups in total. The lowest BCUT2D eigenvalue weighted by Crippen LogP contribution is -2.27. The Morgan fingerprint density at radius 2 is 1.93 bits per heavy atom. The van der Waals surface area contributed by atoms with Crippen molar-refractivity contribution in [1.82, 2.24) is 0 Å². The summed E-state index contributed by atoms with van der Waals surface area (Å²) in [4.78, 5) is 0. The quantitative estimate of drug-likeness (QED) is 0.701. The molecule has 0 saturated heterocycles. The van der Waals surface area contributed by atoms with E-state index < -0.39 is 12.1 Å². The SMILES string of the molecule is CC1(O)OC(O)C=C1c1ccccc1. The zero-order valence-electron chi connectivity index (χ0n) is 7.84. The summed E-state index contributed by atoms with van der Waals surface area (Å²) in [5, 5.41) is 19.1. The maximum atomic E-state index is 9.83. The zero-order valence-corrected chi connectivity index (χ0v) is 7.84. The average Bonchev–Trinajstić information content (AvgIpc) is 2.41. The van der Waals surface area contributed by atoms with E-state index in [2.05, 4.69) is 0 Å². The maximum absolute atomic E-state index is 9.83. The first-order chi connectivity index (χ1) is 6.59. The summed E-state index contributed by atoms with van der Waals surface area (Å²) in [5.74, 6) is -1.40. The van der Waals surface area contributed by atoms with Crippen LogP contribution in [0.5, 0.6) is 0 Å². The fourth-order valence-electron chi connectivity index (χ4n) is 1.61. The number of rotatable bonds is 1. The first-order valence-electron chi connectivity index (χ1n) is 4.45. The second-order valence-electron chi connectivity index (χ2n) is 3.44. The van der Waals surface area contributed by atoms with Gasteiger partial charge < -0.3 is 14.9 Å². The molecular weight excluding hydrogens is 180 g/mol. The molecule has 0 radical (unpaired) electrons. The highest BCUT2D eigenvalue weighted by molar-refractivity contribution is 5.72. The van der Waals surface area contributed by atoms with Gasteiger partial charge in [0.15, 0.2) is 12.1 Å². The molecule has 0 aliphatic carbocycles. The fourth-order valence-corrected chi connectivity index (χ4v) is 1.61. The van der Waals surface area contributed by atoms with Crippen LogP contribution in [0.25, 0.3) is 5.57 Å². The van der Waals surface area contributed by atoms with Gasteiger partial charge in [0, 0.05) is 5.57 Å². The van der Waals surface area contributed by atoms with E-state index in [1.165, 1.54) is 13.0 Å². The second kappa shape index (κ2) is 3.20. The minimum atomic E-state index is -1.40. The van der Waals surface area contributed by atoms with E-state index in [9.17, 15) is 10.2 Å². The van der Waals surface area contributed by atoms with E-state index in [0.29, 0.717) is 5.57 Å². The molecule has 0 fully saturated rings. The first kappa shape index (κ1) is 9.40. The molecule has 1 aromatic rings. The molecule has 3 nitrogen and oxygen atoms in total. The lowest BCUT2D eigenvalue weighted by molar-refractivity contribution is -0.205. The number of aliphatic hydroxyl groups excluding tert-OH is 1. The predicted molar refractivity (Wildman–Crippen MR) is 52.1 cm³/mol. The van der Waals surface area contributed by atoms with E-state index >= 15 is 0 Å². The third kappa shape index (κ3) is 1.57. The van der Waals surface area contributed by atoms with Gasteiger partial charge in [-0.15, -0.1) is 0 Å². The average molecular weight is 192 g/mol. The van der Waals surface area contributed by atoms with Crippen LogP contribution in [-0.2, 0) is 4.74 Å². The molecular formula is C11H12O3. The van der Waals surface area contributed by atoms with Gasteiger partial charge in [-0.3, -0.25) is 0 Å². The van der Waals surface area contributed by atoms with Gasteiger partial charge in [0.25, 0.3) is 0 Å². The number of hydrogen-bond acceptors (Lipinski definition) is 3. The molecule has 2 rings (SSSR count). The molecule has 1 aliphatic heterocycles. The van der Waals surface area contributed by atoms with Gasteiger partial charge in [0.2, 0.25) is 0 Å². The maximum Gasteiger partial charge on any atom is 0.193 e. The highest BCUT2D eigenvalue weighted by Crippen LogP contribution is 2.34. The van der Waals surface area contributed by atoms with Crippen LogP contribution >= 0.6 is 0 Å². The summed E-state index contributed by atoms with van der Waals surface area (Å²) >= 11 is 0. The molecule has 14 heavy (non-hydrogen) atoms. The largest absolute Gasteiger partial charge is 0.365 e. The van der Waals surface area contributed by atoms with Crippen LogP contribution in [0.15, 0.2) is 36.4 Å². The normalized spacial score (nSPS) is 31.6. The van der Waals surface area contributed by atoms with Crippen molar-refractivity contribution in [3.63, 3.8) is 0 Å². The number of aliphatic hydroxyl groups is 2. The molecule has 0 bridgehead atoms. The van der Waals surface area contributed by atoms with Crippen molar-refractivity contribution in [2.24, 2.45) is 0 Å². The second-order valence-corrected chi connectivity index (χ2v) is 3.44. The molecule has 0 amide bonds. The Morgan fingerprint density at radius 1 is 1.29 bits per heavy atom. The van der Waals surface area contributed by atoms with Gasteiger partial charge in [-0.05, 0) is 18.6 Å². The Kier molecular flexibility index (Phi) is 2.15. The Balaban J connectivity index is 2.40. The molecule has 0 saturated carbocycles. The first-order valence-corrected chi connectivity index (χ1v) is 4.45. The highest BCUT2D eigenvalue weighted by Gasteiger charge is 2.36. The standard InChI is InChI=1S/C11H12O3/c1-11(13)9(7-10(12)14-11)8-5-3-2-4-6-8/h2-7,10,12-13H,1H3. The summed E-state index contributed by atoms with van der Waals surface area (Å²) in [5.41, 5.74) is 1.46. The third-order valence-electron chi connectivity index (χ3n) is 2.24. The summed E-state index contributed by atoms with van der Waals surface area (Å²) < 4.78 is 4.93. The summed E-state index contributed by atoms with van der Waals surface area (Å²) in [6.07, 6.45) is 0.482. The summed E-state index contributed by atoms with van der Waals surface area (Å²) in [7, 11) is 0. The van der Waals surface area contributed by atoms with Gasteiger partial charge in [0.1, 0.15) is 0 Å². The van der Waals surface area contributed by atoms with Gasteiger partial charge in [-0.1, -0.05) is 30.3 Å². The Hall–Kier alpha value is -1.16. The van der Waals surface area contributed by atoms with Crippen LogP contribution in [0.1, 0.15) is 12.5 Å². The topological polar surface area (TPSA) is 49.7 Å². The molecule has 0 spiro atoms. The molecule has 3 heteroatoms.